The predicted octanol–water partition coefficient (Wildman–Crippen LogP) is 2.02. The summed E-state index contributed by atoms with van der Waals surface area (Å²) in [5.41, 5.74) is 0. The van der Waals surface area contributed by atoms with Crippen molar-refractivity contribution in [1.82, 2.24) is 0 Å². The molecule has 0 spiro atoms. The molecule has 17 heavy (non-hydrogen) atoms. The molecular formula is C11H22O5Si. The summed E-state index contributed by atoms with van der Waals surface area (Å²) in [6, 6.07) is 0. The molecule has 0 heterocycles. The molecule has 0 bridgehead atoms. The molecule has 0 aliphatic heterocycles. The second kappa shape index (κ2) is 5.64. The second-order valence-corrected chi connectivity index (χ2v) is 10.2. The summed E-state index contributed by atoms with van der Waals surface area (Å²) in [5, 5.41) is 8.67. The molecule has 0 radical (unpaired) electrons. The summed E-state index contributed by atoms with van der Waals surface area (Å²) in [7, 11) is -0.950. The lowest BCUT2D eigenvalue weighted by atomic mass is 10.2. The summed E-state index contributed by atoms with van der Waals surface area (Å²) in [6.45, 7) is 9.99. The zero-order chi connectivity index (χ0) is 13.9. The van der Waals surface area contributed by atoms with Crippen molar-refractivity contribution in [2.75, 3.05) is 7.11 Å². The maximum absolute atomic E-state index is 11.5. The summed E-state index contributed by atoms with van der Waals surface area (Å²) in [6.07, 6.45) is -1.38. The minimum atomic E-state index is -2.18. The number of methoxy groups -OCH3 is 1. The zero-order valence-electron chi connectivity index (χ0n) is 11.4. The van der Waals surface area contributed by atoms with Crippen molar-refractivity contribution in [2.24, 2.45) is 0 Å². The van der Waals surface area contributed by atoms with Gasteiger partial charge in [0, 0.05) is 0 Å². The first kappa shape index (κ1) is 16.1. The van der Waals surface area contributed by atoms with Crippen LogP contribution < -0.4 is 0 Å². The van der Waals surface area contributed by atoms with Gasteiger partial charge in [0.25, 0.3) is 0 Å². The smallest absolute Gasteiger partial charge is 0.334 e. The van der Waals surface area contributed by atoms with Gasteiger partial charge in [-0.2, -0.15) is 0 Å². The van der Waals surface area contributed by atoms with Crippen LogP contribution in [0.2, 0.25) is 18.1 Å². The van der Waals surface area contributed by atoms with E-state index in [1.165, 1.54) is 7.11 Å². The Balaban J connectivity index is 4.86. The van der Waals surface area contributed by atoms with Crippen LogP contribution in [0.4, 0.5) is 0 Å². The fourth-order valence-electron chi connectivity index (χ4n) is 0.996. The maximum atomic E-state index is 11.5. The standard InChI is InChI=1S/C11H22O5Si/c1-11(2,3)17(5,6)16-8(7-9(12)13)10(14)15-4/h8H,7H2,1-6H3,(H,12,13)/t8-/m1/s1. The highest BCUT2D eigenvalue weighted by Crippen LogP contribution is 2.37. The van der Waals surface area contributed by atoms with Gasteiger partial charge in [-0.05, 0) is 18.1 Å². The van der Waals surface area contributed by atoms with Gasteiger partial charge in [-0.25, -0.2) is 4.79 Å². The molecule has 0 aliphatic carbocycles. The van der Waals surface area contributed by atoms with Gasteiger partial charge in [-0.1, -0.05) is 20.8 Å². The number of carboxylic acid groups (broad SMARTS) is 1. The Bertz CT molecular complexity index is 293. The van der Waals surface area contributed by atoms with Gasteiger partial charge in [0.1, 0.15) is 0 Å². The van der Waals surface area contributed by atoms with Crippen molar-refractivity contribution in [1.29, 1.82) is 0 Å². The Morgan fingerprint density at radius 3 is 2.06 bits per heavy atom. The van der Waals surface area contributed by atoms with E-state index in [4.69, 9.17) is 9.53 Å². The monoisotopic (exact) mass is 262 g/mol. The van der Waals surface area contributed by atoms with Crippen molar-refractivity contribution in [3.63, 3.8) is 0 Å². The Hall–Kier alpha value is -0.883. The molecule has 0 fully saturated rings. The van der Waals surface area contributed by atoms with Gasteiger partial charge >= 0.3 is 11.9 Å². The molecule has 0 saturated carbocycles. The first-order chi connectivity index (χ1) is 7.51. The SMILES string of the molecule is COC(=O)[C@@H](CC(=O)O)O[Si](C)(C)C(C)(C)C. The summed E-state index contributed by atoms with van der Waals surface area (Å²) in [5.74, 6) is -1.70. The van der Waals surface area contributed by atoms with E-state index in [-0.39, 0.29) is 11.5 Å². The van der Waals surface area contributed by atoms with Crippen LogP contribution in [0, 0.1) is 0 Å². The normalized spacial score (nSPS) is 14.2. The molecule has 0 unspecified atom stereocenters. The number of esters is 1. The number of ether oxygens (including phenoxy) is 1. The predicted molar refractivity (Wildman–Crippen MR) is 66.3 cm³/mol. The van der Waals surface area contributed by atoms with Crippen molar-refractivity contribution < 1.29 is 23.9 Å². The van der Waals surface area contributed by atoms with E-state index in [0.29, 0.717) is 0 Å². The minimum absolute atomic E-state index is 0.0855. The van der Waals surface area contributed by atoms with Crippen molar-refractivity contribution in [3.05, 3.63) is 0 Å². The van der Waals surface area contributed by atoms with Gasteiger partial charge < -0.3 is 14.3 Å². The lowest BCUT2D eigenvalue weighted by Gasteiger charge is -2.38. The van der Waals surface area contributed by atoms with Crippen LogP contribution in [-0.2, 0) is 18.8 Å². The molecule has 0 aromatic heterocycles. The molecule has 0 saturated heterocycles. The largest absolute Gasteiger partial charge is 0.481 e. The Morgan fingerprint density at radius 2 is 1.76 bits per heavy atom. The molecule has 0 amide bonds. The molecule has 6 heteroatoms. The van der Waals surface area contributed by atoms with Crippen LogP contribution in [0.25, 0.3) is 0 Å². The van der Waals surface area contributed by atoms with E-state index in [2.05, 4.69) is 4.74 Å². The first-order valence-corrected chi connectivity index (χ1v) is 8.39. The zero-order valence-corrected chi connectivity index (χ0v) is 12.4. The van der Waals surface area contributed by atoms with Gasteiger partial charge in [-0.3, -0.25) is 4.79 Å². The highest BCUT2D eigenvalue weighted by Gasteiger charge is 2.41. The van der Waals surface area contributed by atoms with Crippen LogP contribution in [0.15, 0.2) is 0 Å². The van der Waals surface area contributed by atoms with E-state index in [1.54, 1.807) is 0 Å². The Morgan fingerprint density at radius 1 is 1.29 bits per heavy atom. The lowest BCUT2D eigenvalue weighted by Crippen LogP contribution is -2.46. The number of rotatable bonds is 5. The van der Waals surface area contributed by atoms with Gasteiger partial charge in [-0.15, -0.1) is 0 Å². The molecular weight excluding hydrogens is 240 g/mol. The molecule has 5 nitrogen and oxygen atoms in total. The third-order valence-corrected chi connectivity index (χ3v) is 7.55. The van der Waals surface area contributed by atoms with E-state index in [9.17, 15) is 9.59 Å². The fraction of sp³-hybridized carbons (Fsp3) is 0.818. The molecule has 0 aromatic rings. The summed E-state index contributed by atoms with van der Waals surface area (Å²) in [4.78, 5) is 22.2. The average Bonchev–Trinajstić information content (AvgIpc) is 2.12. The molecule has 1 atom stereocenters. The van der Waals surface area contributed by atoms with Crippen LogP contribution in [0.3, 0.4) is 0 Å². The molecule has 0 aromatic carbocycles. The number of carboxylic acids is 1. The van der Waals surface area contributed by atoms with Crippen LogP contribution in [0.5, 0.6) is 0 Å². The number of carbonyl (C=O) groups excluding carboxylic acids is 1. The second-order valence-electron chi connectivity index (χ2n) is 5.49. The van der Waals surface area contributed by atoms with E-state index in [0.717, 1.165) is 0 Å². The van der Waals surface area contributed by atoms with E-state index >= 15 is 0 Å². The number of carbonyl (C=O) groups is 2. The maximum Gasteiger partial charge on any atom is 0.334 e. The summed E-state index contributed by atoms with van der Waals surface area (Å²) >= 11 is 0. The van der Waals surface area contributed by atoms with Crippen LogP contribution in [0.1, 0.15) is 27.2 Å². The Labute approximate surface area is 103 Å². The third-order valence-electron chi connectivity index (χ3n) is 3.07. The molecule has 0 aliphatic rings. The van der Waals surface area contributed by atoms with Crippen molar-refractivity contribution >= 4 is 20.3 Å². The Kier molecular flexibility index (Phi) is 5.34. The van der Waals surface area contributed by atoms with E-state index < -0.39 is 26.4 Å². The highest BCUT2D eigenvalue weighted by molar-refractivity contribution is 6.74. The average molecular weight is 262 g/mol. The minimum Gasteiger partial charge on any atom is -0.481 e. The molecule has 1 N–H and O–H groups in total. The van der Waals surface area contributed by atoms with Crippen LogP contribution in [-0.4, -0.2) is 38.6 Å². The van der Waals surface area contributed by atoms with Crippen molar-refractivity contribution in [3.8, 4) is 0 Å². The van der Waals surface area contributed by atoms with Crippen LogP contribution >= 0.6 is 0 Å². The van der Waals surface area contributed by atoms with E-state index in [1.807, 2.05) is 33.9 Å². The third kappa shape index (κ3) is 4.87. The summed E-state index contributed by atoms with van der Waals surface area (Å²) < 4.78 is 10.3. The number of hydrogen-bond acceptors (Lipinski definition) is 4. The first-order valence-electron chi connectivity index (χ1n) is 5.48. The number of hydrogen-bond donors (Lipinski definition) is 1. The van der Waals surface area contributed by atoms with Gasteiger partial charge in [0.05, 0.1) is 13.5 Å². The topological polar surface area (TPSA) is 72.8 Å². The fourth-order valence-corrected chi connectivity index (χ4v) is 2.24. The van der Waals surface area contributed by atoms with Gasteiger partial charge in [0.2, 0.25) is 0 Å². The van der Waals surface area contributed by atoms with Gasteiger partial charge in [0.15, 0.2) is 14.4 Å². The molecule has 100 valence electrons. The lowest BCUT2D eigenvalue weighted by molar-refractivity contribution is -0.154. The molecule has 0 rings (SSSR count). The highest BCUT2D eigenvalue weighted by atomic mass is 28.4. The number of aliphatic carboxylic acids is 1. The van der Waals surface area contributed by atoms with Crippen molar-refractivity contribution in [2.45, 2.75) is 51.4 Å². The quantitative estimate of drug-likeness (QED) is 0.606.